The Labute approximate surface area is 74.0 Å². The lowest BCUT2D eigenvalue weighted by Crippen LogP contribution is -2.22. The molecule has 0 radical (unpaired) electrons. The molecule has 72 valence electrons. The number of hydrogen-bond acceptors (Lipinski definition) is 2. The summed E-state index contributed by atoms with van der Waals surface area (Å²) in [4.78, 5) is 10.8. The first-order valence-electron chi connectivity index (χ1n) is 4.56. The molecule has 3 heteroatoms. The van der Waals surface area contributed by atoms with Crippen LogP contribution in [0, 0.1) is 11.8 Å². The number of hydrogen-bond donors (Lipinski definition) is 2. The zero-order chi connectivity index (χ0) is 9.56. The summed E-state index contributed by atoms with van der Waals surface area (Å²) in [5.74, 6) is -0.634. The van der Waals surface area contributed by atoms with Gasteiger partial charge in [0.25, 0.3) is 0 Å². The van der Waals surface area contributed by atoms with Crippen molar-refractivity contribution >= 4 is 5.97 Å². The fourth-order valence-corrected chi connectivity index (χ4v) is 1.27. The van der Waals surface area contributed by atoms with E-state index in [0.29, 0.717) is 13.0 Å². The molecule has 0 aromatic heterocycles. The normalized spacial score (nSPS) is 15.6. The molecule has 0 aromatic rings. The number of aliphatic carboxylic acids is 1. The summed E-state index contributed by atoms with van der Waals surface area (Å²) in [6, 6.07) is 0. The van der Waals surface area contributed by atoms with E-state index in [1.807, 2.05) is 13.8 Å². The lowest BCUT2D eigenvalue weighted by Gasteiger charge is -2.17. The van der Waals surface area contributed by atoms with E-state index in [0.717, 1.165) is 12.8 Å². The lowest BCUT2D eigenvalue weighted by atomic mass is 9.88. The molecule has 0 saturated carbocycles. The molecular weight excluding hydrogens is 154 g/mol. The standard InChI is InChI=1S/C9H19NO2/c1-3-7(2)8(9(11)12)5-4-6-10/h7-8H,3-6,10H2,1-2H3,(H,11,12). The zero-order valence-corrected chi connectivity index (χ0v) is 7.92. The van der Waals surface area contributed by atoms with Crippen LogP contribution in [-0.4, -0.2) is 17.6 Å². The van der Waals surface area contributed by atoms with E-state index < -0.39 is 5.97 Å². The van der Waals surface area contributed by atoms with Crippen LogP contribution in [0.1, 0.15) is 33.1 Å². The summed E-state index contributed by atoms with van der Waals surface area (Å²) in [6.45, 7) is 4.58. The predicted octanol–water partition coefficient (Wildman–Crippen LogP) is 1.47. The Morgan fingerprint density at radius 1 is 1.58 bits per heavy atom. The van der Waals surface area contributed by atoms with Gasteiger partial charge in [0.2, 0.25) is 0 Å². The maximum Gasteiger partial charge on any atom is 0.306 e. The Hall–Kier alpha value is -0.570. The second-order valence-electron chi connectivity index (χ2n) is 3.26. The van der Waals surface area contributed by atoms with Crippen molar-refractivity contribution in [1.29, 1.82) is 0 Å². The van der Waals surface area contributed by atoms with Gasteiger partial charge in [0, 0.05) is 0 Å². The Balaban J connectivity index is 3.94. The molecule has 0 fully saturated rings. The van der Waals surface area contributed by atoms with E-state index in [1.165, 1.54) is 0 Å². The van der Waals surface area contributed by atoms with Gasteiger partial charge in [-0.05, 0) is 25.3 Å². The fourth-order valence-electron chi connectivity index (χ4n) is 1.27. The van der Waals surface area contributed by atoms with E-state index >= 15 is 0 Å². The average molecular weight is 173 g/mol. The minimum atomic E-state index is -0.683. The number of carbonyl (C=O) groups is 1. The molecule has 0 aromatic carbocycles. The van der Waals surface area contributed by atoms with Crippen molar-refractivity contribution in [3.05, 3.63) is 0 Å². The Morgan fingerprint density at radius 2 is 2.17 bits per heavy atom. The minimum absolute atomic E-state index is 0.210. The maximum atomic E-state index is 10.8. The molecule has 0 rings (SSSR count). The van der Waals surface area contributed by atoms with Crippen LogP contribution in [0.15, 0.2) is 0 Å². The van der Waals surface area contributed by atoms with Gasteiger partial charge in [0.15, 0.2) is 0 Å². The molecule has 12 heavy (non-hydrogen) atoms. The monoisotopic (exact) mass is 173 g/mol. The summed E-state index contributed by atoms with van der Waals surface area (Å²) in [5.41, 5.74) is 5.33. The second-order valence-corrected chi connectivity index (χ2v) is 3.26. The van der Waals surface area contributed by atoms with Gasteiger partial charge in [0.05, 0.1) is 5.92 Å². The van der Waals surface area contributed by atoms with Crippen LogP contribution in [0.4, 0.5) is 0 Å². The van der Waals surface area contributed by atoms with E-state index in [1.54, 1.807) is 0 Å². The largest absolute Gasteiger partial charge is 0.481 e. The summed E-state index contributed by atoms with van der Waals surface area (Å²) >= 11 is 0. The van der Waals surface area contributed by atoms with E-state index in [2.05, 4.69) is 0 Å². The molecule has 0 amide bonds. The predicted molar refractivity (Wildman–Crippen MR) is 48.9 cm³/mol. The van der Waals surface area contributed by atoms with Crippen molar-refractivity contribution < 1.29 is 9.90 Å². The number of carboxylic acids is 1. The van der Waals surface area contributed by atoms with Crippen LogP contribution in [0.5, 0.6) is 0 Å². The van der Waals surface area contributed by atoms with Crippen LogP contribution >= 0.6 is 0 Å². The third-order valence-corrected chi connectivity index (χ3v) is 2.37. The Morgan fingerprint density at radius 3 is 2.50 bits per heavy atom. The summed E-state index contributed by atoms with van der Waals surface area (Å²) in [5, 5.41) is 8.86. The van der Waals surface area contributed by atoms with Crippen LogP contribution in [0.25, 0.3) is 0 Å². The minimum Gasteiger partial charge on any atom is -0.481 e. The fraction of sp³-hybridized carbons (Fsp3) is 0.889. The molecule has 0 aliphatic rings. The van der Waals surface area contributed by atoms with Crippen molar-refractivity contribution in [1.82, 2.24) is 0 Å². The lowest BCUT2D eigenvalue weighted by molar-refractivity contribution is -0.143. The summed E-state index contributed by atoms with van der Waals surface area (Å²) in [7, 11) is 0. The molecule has 0 saturated heterocycles. The van der Waals surface area contributed by atoms with Gasteiger partial charge in [-0.2, -0.15) is 0 Å². The van der Waals surface area contributed by atoms with Gasteiger partial charge in [-0.1, -0.05) is 20.3 Å². The Bertz CT molecular complexity index is 136. The van der Waals surface area contributed by atoms with Crippen molar-refractivity contribution in [2.75, 3.05) is 6.54 Å². The molecule has 3 nitrogen and oxygen atoms in total. The highest BCUT2D eigenvalue weighted by Gasteiger charge is 2.22. The van der Waals surface area contributed by atoms with Gasteiger partial charge < -0.3 is 10.8 Å². The topological polar surface area (TPSA) is 63.3 Å². The molecule has 3 N–H and O–H groups in total. The van der Waals surface area contributed by atoms with Crippen molar-refractivity contribution in [3.8, 4) is 0 Å². The summed E-state index contributed by atoms with van der Waals surface area (Å²) in [6.07, 6.45) is 2.43. The molecule has 2 unspecified atom stereocenters. The third-order valence-electron chi connectivity index (χ3n) is 2.37. The first kappa shape index (κ1) is 11.4. The highest BCUT2D eigenvalue weighted by Crippen LogP contribution is 2.20. The molecule has 0 spiro atoms. The van der Waals surface area contributed by atoms with E-state index in [4.69, 9.17) is 10.8 Å². The second kappa shape index (κ2) is 6.00. The first-order valence-corrected chi connectivity index (χ1v) is 4.56. The highest BCUT2D eigenvalue weighted by atomic mass is 16.4. The molecule has 2 atom stereocenters. The smallest absolute Gasteiger partial charge is 0.306 e. The number of rotatable bonds is 6. The van der Waals surface area contributed by atoms with Crippen LogP contribution in [0.3, 0.4) is 0 Å². The molecule has 0 heterocycles. The average Bonchev–Trinajstić information content (AvgIpc) is 2.04. The highest BCUT2D eigenvalue weighted by molar-refractivity contribution is 5.70. The third kappa shape index (κ3) is 3.72. The van der Waals surface area contributed by atoms with Gasteiger partial charge in [0.1, 0.15) is 0 Å². The van der Waals surface area contributed by atoms with Crippen LogP contribution in [-0.2, 0) is 4.79 Å². The van der Waals surface area contributed by atoms with Crippen molar-refractivity contribution in [2.24, 2.45) is 17.6 Å². The van der Waals surface area contributed by atoms with Crippen LogP contribution in [0.2, 0.25) is 0 Å². The van der Waals surface area contributed by atoms with E-state index in [-0.39, 0.29) is 11.8 Å². The van der Waals surface area contributed by atoms with Gasteiger partial charge in [-0.15, -0.1) is 0 Å². The maximum absolute atomic E-state index is 10.8. The molecule has 0 bridgehead atoms. The first-order chi connectivity index (χ1) is 5.63. The zero-order valence-electron chi connectivity index (χ0n) is 7.92. The quantitative estimate of drug-likeness (QED) is 0.639. The molecular formula is C9H19NO2. The van der Waals surface area contributed by atoms with Gasteiger partial charge in [-0.3, -0.25) is 4.79 Å². The number of nitrogens with two attached hydrogens (primary N) is 1. The van der Waals surface area contributed by atoms with E-state index in [9.17, 15) is 4.79 Å². The summed E-state index contributed by atoms with van der Waals surface area (Å²) < 4.78 is 0. The van der Waals surface area contributed by atoms with Crippen molar-refractivity contribution in [2.45, 2.75) is 33.1 Å². The SMILES string of the molecule is CCC(C)C(CCCN)C(=O)O. The van der Waals surface area contributed by atoms with Gasteiger partial charge in [-0.25, -0.2) is 0 Å². The van der Waals surface area contributed by atoms with Crippen molar-refractivity contribution in [3.63, 3.8) is 0 Å². The Kier molecular flexibility index (Phi) is 5.72. The van der Waals surface area contributed by atoms with Gasteiger partial charge >= 0.3 is 5.97 Å². The number of carboxylic acid groups (broad SMARTS) is 1. The van der Waals surface area contributed by atoms with Crippen LogP contribution < -0.4 is 5.73 Å². The molecule has 0 aliphatic heterocycles. The molecule has 0 aliphatic carbocycles.